The Labute approximate surface area is 217 Å². The molecule has 37 heavy (non-hydrogen) atoms. The van der Waals surface area contributed by atoms with Crippen LogP contribution in [0.25, 0.3) is 0 Å². The molecule has 3 aromatic rings. The number of piperazine rings is 1. The highest BCUT2D eigenvalue weighted by Crippen LogP contribution is 2.36. The van der Waals surface area contributed by atoms with Crippen molar-refractivity contribution in [2.75, 3.05) is 31.6 Å². The van der Waals surface area contributed by atoms with Gasteiger partial charge in [0, 0.05) is 37.0 Å². The van der Waals surface area contributed by atoms with Crippen molar-refractivity contribution in [3.05, 3.63) is 77.9 Å². The summed E-state index contributed by atoms with van der Waals surface area (Å²) in [6.45, 7) is 1.85. The summed E-state index contributed by atoms with van der Waals surface area (Å²) in [5.74, 6) is 0.812. The second-order valence-corrected chi connectivity index (χ2v) is 9.85. The van der Waals surface area contributed by atoms with Gasteiger partial charge in [0.05, 0.1) is 19.3 Å². The molecule has 2 aliphatic rings. The van der Waals surface area contributed by atoms with Gasteiger partial charge in [-0.15, -0.1) is 0 Å². The Morgan fingerprint density at radius 2 is 1.70 bits per heavy atom. The van der Waals surface area contributed by atoms with Crippen molar-refractivity contribution >= 4 is 11.6 Å². The lowest BCUT2D eigenvalue weighted by molar-refractivity contribution is 0.0655. The number of nitrogens with zero attached hydrogens (tertiary/aromatic N) is 2. The van der Waals surface area contributed by atoms with Crippen molar-refractivity contribution in [1.82, 2.24) is 4.90 Å². The molecule has 1 aliphatic carbocycles. The van der Waals surface area contributed by atoms with Gasteiger partial charge in [-0.3, -0.25) is 4.79 Å². The van der Waals surface area contributed by atoms with Crippen LogP contribution in [0.3, 0.4) is 0 Å². The van der Waals surface area contributed by atoms with Crippen molar-refractivity contribution in [1.29, 1.82) is 0 Å². The fraction of sp³-hybridized carbons (Fsp3) is 0.367. The van der Waals surface area contributed by atoms with Crippen LogP contribution in [-0.2, 0) is 6.42 Å². The maximum absolute atomic E-state index is 13.5. The normalized spacial score (nSPS) is 18.1. The van der Waals surface area contributed by atoms with Crippen molar-refractivity contribution in [2.24, 2.45) is 0 Å². The maximum atomic E-state index is 13.5. The van der Waals surface area contributed by atoms with Gasteiger partial charge in [-0.05, 0) is 68.0 Å². The molecule has 1 amide bonds. The van der Waals surface area contributed by atoms with Gasteiger partial charge in [-0.25, -0.2) is 0 Å². The molecule has 0 aromatic heterocycles. The molecule has 2 fully saturated rings. The summed E-state index contributed by atoms with van der Waals surface area (Å²) in [7, 11) is 1.66. The summed E-state index contributed by atoms with van der Waals surface area (Å²) in [6.07, 6.45) is 5.46. The van der Waals surface area contributed by atoms with Gasteiger partial charge in [-0.1, -0.05) is 30.3 Å². The van der Waals surface area contributed by atoms with Crippen molar-refractivity contribution in [3.63, 3.8) is 0 Å². The van der Waals surface area contributed by atoms with Gasteiger partial charge < -0.3 is 29.5 Å². The topological polar surface area (TPSA) is 82.5 Å². The van der Waals surface area contributed by atoms with E-state index in [0.29, 0.717) is 31.6 Å². The summed E-state index contributed by atoms with van der Waals surface area (Å²) < 4.78 is 11.9. The van der Waals surface area contributed by atoms with E-state index in [1.807, 2.05) is 29.2 Å². The van der Waals surface area contributed by atoms with E-state index >= 15 is 0 Å². The van der Waals surface area contributed by atoms with Gasteiger partial charge in [0.1, 0.15) is 0 Å². The monoisotopic (exact) mass is 502 g/mol. The largest absolute Gasteiger partial charge is 0.504 e. The first kappa shape index (κ1) is 24.8. The van der Waals surface area contributed by atoms with Gasteiger partial charge >= 0.3 is 0 Å². The average Bonchev–Trinajstić information content (AvgIpc) is 3.43. The molecule has 7 heteroatoms. The fourth-order valence-corrected chi connectivity index (χ4v) is 5.38. The van der Waals surface area contributed by atoms with E-state index in [9.17, 15) is 15.0 Å². The molecule has 1 saturated carbocycles. The Bertz CT molecular complexity index is 1230. The molecule has 5 rings (SSSR count). The van der Waals surface area contributed by atoms with Crippen LogP contribution in [0.15, 0.2) is 66.7 Å². The van der Waals surface area contributed by atoms with E-state index in [2.05, 4.69) is 29.2 Å². The van der Waals surface area contributed by atoms with Crippen LogP contribution in [0.4, 0.5) is 5.69 Å². The summed E-state index contributed by atoms with van der Waals surface area (Å²) >= 11 is 0. The Morgan fingerprint density at radius 1 is 0.919 bits per heavy atom. The zero-order chi connectivity index (χ0) is 25.8. The van der Waals surface area contributed by atoms with E-state index in [0.717, 1.165) is 35.6 Å². The maximum Gasteiger partial charge on any atom is 0.254 e. The van der Waals surface area contributed by atoms with Crippen molar-refractivity contribution in [2.45, 2.75) is 44.2 Å². The van der Waals surface area contributed by atoms with E-state index in [-0.39, 0.29) is 29.6 Å². The minimum atomic E-state index is -0.294. The number of amides is 1. The molecule has 1 atom stereocenters. The Kier molecular flexibility index (Phi) is 7.40. The third-order valence-corrected chi connectivity index (χ3v) is 7.39. The standard InChI is InChI=1S/C30H34N2O5/c1-36-28-14-12-23(19-29(28)37-25-9-5-6-10-25)31-15-16-32(24(20-31)17-21-7-3-2-4-8-21)30(35)22-11-13-26(33)27(34)18-22/h2-4,7-8,11-14,18-19,24-25,33-34H,5-6,9-10,15-17,20H2,1H3/t24-/m0/s1. The van der Waals surface area contributed by atoms with E-state index in [1.54, 1.807) is 13.2 Å². The quantitative estimate of drug-likeness (QED) is 0.443. The molecular weight excluding hydrogens is 468 g/mol. The molecule has 0 bridgehead atoms. The second kappa shape index (κ2) is 11.0. The third-order valence-electron chi connectivity index (χ3n) is 7.39. The highest BCUT2D eigenvalue weighted by Gasteiger charge is 2.32. The molecule has 0 spiro atoms. The van der Waals surface area contributed by atoms with Crippen LogP contribution >= 0.6 is 0 Å². The summed E-state index contributed by atoms with van der Waals surface area (Å²) in [5.41, 5.74) is 2.56. The molecule has 2 N–H and O–H groups in total. The molecular formula is C30H34N2O5. The first-order valence-corrected chi connectivity index (χ1v) is 13.0. The van der Waals surface area contributed by atoms with E-state index in [4.69, 9.17) is 9.47 Å². The predicted octanol–water partition coefficient (Wildman–Crippen LogP) is 5.00. The van der Waals surface area contributed by atoms with Crippen molar-refractivity contribution < 1.29 is 24.5 Å². The van der Waals surface area contributed by atoms with Crippen molar-refractivity contribution in [3.8, 4) is 23.0 Å². The number of ether oxygens (including phenoxy) is 2. The van der Waals surface area contributed by atoms with Gasteiger partial charge in [0.15, 0.2) is 23.0 Å². The number of hydrogen-bond donors (Lipinski definition) is 2. The molecule has 7 nitrogen and oxygen atoms in total. The van der Waals surface area contributed by atoms with Crippen LogP contribution in [0.1, 0.15) is 41.6 Å². The molecule has 1 saturated heterocycles. The minimum Gasteiger partial charge on any atom is -0.504 e. The Balaban J connectivity index is 1.40. The van der Waals surface area contributed by atoms with Gasteiger partial charge in [0.2, 0.25) is 0 Å². The molecule has 3 aromatic carbocycles. The summed E-state index contributed by atoms with van der Waals surface area (Å²) in [6, 6.07) is 20.4. The number of hydrogen-bond acceptors (Lipinski definition) is 6. The lowest BCUT2D eigenvalue weighted by atomic mass is 10.00. The lowest BCUT2D eigenvalue weighted by Gasteiger charge is -2.43. The third kappa shape index (κ3) is 5.61. The zero-order valence-corrected chi connectivity index (χ0v) is 21.2. The Hall–Kier alpha value is -3.87. The highest BCUT2D eigenvalue weighted by molar-refractivity contribution is 5.95. The number of aromatic hydroxyl groups is 2. The van der Waals surface area contributed by atoms with Crippen LogP contribution in [0.2, 0.25) is 0 Å². The molecule has 194 valence electrons. The molecule has 1 heterocycles. The van der Waals surface area contributed by atoms with E-state index in [1.165, 1.54) is 25.0 Å². The number of phenolic OH excluding ortho intramolecular Hbond substituents is 2. The number of carbonyl (C=O) groups excluding carboxylic acids is 1. The second-order valence-electron chi connectivity index (χ2n) is 9.85. The predicted molar refractivity (Wildman–Crippen MR) is 143 cm³/mol. The van der Waals surface area contributed by atoms with Gasteiger partial charge in [0.25, 0.3) is 5.91 Å². The highest BCUT2D eigenvalue weighted by atomic mass is 16.5. The fourth-order valence-electron chi connectivity index (χ4n) is 5.38. The number of rotatable bonds is 7. The number of phenols is 2. The number of anilines is 1. The first-order chi connectivity index (χ1) is 18.0. The Morgan fingerprint density at radius 3 is 2.43 bits per heavy atom. The van der Waals surface area contributed by atoms with Crippen LogP contribution < -0.4 is 14.4 Å². The molecule has 0 radical (unpaired) electrons. The first-order valence-electron chi connectivity index (χ1n) is 13.0. The number of benzene rings is 3. The van der Waals surface area contributed by atoms with Crippen LogP contribution in [-0.4, -0.2) is 59.9 Å². The van der Waals surface area contributed by atoms with Gasteiger partial charge in [-0.2, -0.15) is 0 Å². The summed E-state index contributed by atoms with van der Waals surface area (Å²) in [4.78, 5) is 17.7. The van der Waals surface area contributed by atoms with E-state index < -0.39 is 0 Å². The average molecular weight is 503 g/mol. The van der Waals surface area contributed by atoms with Crippen LogP contribution in [0.5, 0.6) is 23.0 Å². The number of carbonyl (C=O) groups is 1. The molecule has 1 aliphatic heterocycles. The SMILES string of the molecule is COc1ccc(N2CCN(C(=O)c3ccc(O)c(O)c3)[C@@H](Cc3ccccc3)C2)cc1OC1CCCC1. The summed E-state index contributed by atoms with van der Waals surface area (Å²) in [5, 5.41) is 19.7. The molecule has 0 unspecified atom stereocenters. The number of methoxy groups -OCH3 is 1. The smallest absolute Gasteiger partial charge is 0.254 e. The zero-order valence-electron chi connectivity index (χ0n) is 21.2. The van der Waals surface area contributed by atoms with Crippen LogP contribution in [0, 0.1) is 0 Å². The minimum absolute atomic E-state index is 0.0825. The lowest BCUT2D eigenvalue weighted by Crippen LogP contribution is -2.56.